The van der Waals surface area contributed by atoms with Crippen molar-refractivity contribution in [2.75, 3.05) is 11.6 Å². The van der Waals surface area contributed by atoms with Crippen LogP contribution in [-0.2, 0) is 14.3 Å². The Morgan fingerprint density at radius 2 is 2.10 bits per heavy atom. The summed E-state index contributed by atoms with van der Waals surface area (Å²) in [4.78, 5) is 0. The maximum absolute atomic E-state index is 10.8. The molecule has 60 valence electrons. The summed E-state index contributed by atoms with van der Waals surface area (Å²) < 4.78 is 26.2. The van der Waals surface area contributed by atoms with Crippen molar-refractivity contribution >= 4 is 21.7 Å². The van der Waals surface area contributed by atoms with Gasteiger partial charge in [-0.25, -0.2) is 0 Å². The molecule has 0 heterocycles. The SMILES string of the molecule is O=S(=O)(CCCl)OC1CC1. The van der Waals surface area contributed by atoms with Crippen LogP contribution in [0.25, 0.3) is 0 Å². The summed E-state index contributed by atoms with van der Waals surface area (Å²) in [5.41, 5.74) is 0. The van der Waals surface area contributed by atoms with Crippen molar-refractivity contribution in [3.8, 4) is 0 Å². The topological polar surface area (TPSA) is 43.4 Å². The van der Waals surface area contributed by atoms with Gasteiger partial charge in [-0.15, -0.1) is 11.6 Å². The molecule has 0 unspecified atom stereocenters. The molecular weight excluding hydrogens is 176 g/mol. The quantitative estimate of drug-likeness (QED) is 0.478. The van der Waals surface area contributed by atoms with E-state index in [0.29, 0.717) is 0 Å². The molecule has 0 aliphatic heterocycles. The molecule has 0 aromatic heterocycles. The van der Waals surface area contributed by atoms with Gasteiger partial charge in [-0.05, 0) is 12.8 Å². The van der Waals surface area contributed by atoms with Gasteiger partial charge in [0.1, 0.15) is 0 Å². The largest absolute Gasteiger partial charge is 0.268 e. The van der Waals surface area contributed by atoms with Crippen molar-refractivity contribution < 1.29 is 12.6 Å². The van der Waals surface area contributed by atoms with Crippen LogP contribution in [0, 0.1) is 0 Å². The Hall–Kier alpha value is 0.200. The first-order chi connectivity index (χ1) is 4.64. The minimum atomic E-state index is -3.30. The van der Waals surface area contributed by atoms with Gasteiger partial charge in [0.15, 0.2) is 0 Å². The fourth-order valence-electron chi connectivity index (χ4n) is 0.514. The highest BCUT2D eigenvalue weighted by Crippen LogP contribution is 2.25. The van der Waals surface area contributed by atoms with Crippen LogP contribution in [-0.4, -0.2) is 26.2 Å². The Morgan fingerprint density at radius 3 is 2.50 bits per heavy atom. The Kier molecular flexibility index (Phi) is 2.55. The molecule has 0 bridgehead atoms. The van der Waals surface area contributed by atoms with E-state index in [1.165, 1.54) is 0 Å². The molecule has 1 aliphatic rings. The summed E-state index contributed by atoms with van der Waals surface area (Å²) in [7, 11) is -3.30. The molecule has 0 spiro atoms. The van der Waals surface area contributed by atoms with Crippen LogP contribution in [0.5, 0.6) is 0 Å². The normalized spacial score (nSPS) is 19.3. The van der Waals surface area contributed by atoms with Crippen LogP contribution in [0.4, 0.5) is 0 Å². The lowest BCUT2D eigenvalue weighted by atomic mass is 10.9. The average Bonchev–Trinajstić information content (AvgIpc) is 2.48. The van der Waals surface area contributed by atoms with Crippen LogP contribution < -0.4 is 0 Å². The highest BCUT2D eigenvalue weighted by atomic mass is 35.5. The molecule has 1 saturated carbocycles. The Morgan fingerprint density at radius 1 is 1.50 bits per heavy atom. The fraction of sp³-hybridized carbons (Fsp3) is 1.00. The summed E-state index contributed by atoms with van der Waals surface area (Å²) in [5.74, 6) is 0.0279. The molecular formula is C5H9ClO3S. The molecule has 10 heavy (non-hydrogen) atoms. The zero-order chi connectivity index (χ0) is 7.61. The van der Waals surface area contributed by atoms with E-state index in [2.05, 4.69) is 4.18 Å². The van der Waals surface area contributed by atoms with Gasteiger partial charge in [-0.1, -0.05) is 0 Å². The van der Waals surface area contributed by atoms with Gasteiger partial charge in [0, 0.05) is 5.88 Å². The molecule has 1 aliphatic carbocycles. The van der Waals surface area contributed by atoms with Crippen LogP contribution in [0.15, 0.2) is 0 Å². The van der Waals surface area contributed by atoms with Gasteiger partial charge in [0.2, 0.25) is 0 Å². The fourth-order valence-corrected chi connectivity index (χ4v) is 1.97. The predicted molar refractivity (Wildman–Crippen MR) is 38.6 cm³/mol. The Labute approximate surface area is 65.4 Å². The molecule has 0 radical (unpaired) electrons. The number of alkyl halides is 1. The first-order valence-electron chi connectivity index (χ1n) is 3.11. The number of rotatable bonds is 4. The van der Waals surface area contributed by atoms with Crippen LogP contribution in [0.3, 0.4) is 0 Å². The van der Waals surface area contributed by atoms with Gasteiger partial charge in [-0.2, -0.15) is 8.42 Å². The number of halogens is 1. The molecule has 1 fully saturated rings. The summed E-state index contributed by atoms with van der Waals surface area (Å²) in [6.45, 7) is 0. The van der Waals surface area contributed by atoms with E-state index in [1.54, 1.807) is 0 Å². The summed E-state index contributed by atoms with van der Waals surface area (Å²) in [6, 6.07) is 0. The molecule has 3 nitrogen and oxygen atoms in total. The van der Waals surface area contributed by atoms with E-state index in [-0.39, 0.29) is 17.7 Å². The Balaban J connectivity index is 2.34. The third kappa shape index (κ3) is 2.86. The second-order valence-corrected chi connectivity index (χ2v) is 4.34. The molecule has 0 amide bonds. The second kappa shape index (κ2) is 3.07. The van der Waals surface area contributed by atoms with E-state index in [0.717, 1.165) is 12.8 Å². The minimum absolute atomic E-state index is 0.0479. The highest BCUT2D eigenvalue weighted by molar-refractivity contribution is 7.86. The summed E-state index contributed by atoms with van der Waals surface area (Å²) >= 11 is 5.23. The van der Waals surface area contributed by atoms with E-state index in [4.69, 9.17) is 11.6 Å². The van der Waals surface area contributed by atoms with Crippen molar-refractivity contribution in [1.82, 2.24) is 0 Å². The number of hydrogen-bond donors (Lipinski definition) is 0. The molecule has 0 saturated heterocycles. The van der Waals surface area contributed by atoms with Crippen LogP contribution in [0.1, 0.15) is 12.8 Å². The molecule has 0 atom stereocenters. The van der Waals surface area contributed by atoms with Gasteiger partial charge < -0.3 is 0 Å². The zero-order valence-electron chi connectivity index (χ0n) is 5.42. The van der Waals surface area contributed by atoms with Crippen LogP contribution >= 0.6 is 11.6 Å². The van der Waals surface area contributed by atoms with Crippen molar-refractivity contribution in [2.24, 2.45) is 0 Å². The zero-order valence-corrected chi connectivity index (χ0v) is 6.99. The van der Waals surface area contributed by atoms with Crippen molar-refractivity contribution in [1.29, 1.82) is 0 Å². The van der Waals surface area contributed by atoms with Crippen LogP contribution in [0.2, 0.25) is 0 Å². The van der Waals surface area contributed by atoms with Gasteiger partial charge in [0.25, 0.3) is 10.1 Å². The molecule has 0 N–H and O–H groups in total. The van der Waals surface area contributed by atoms with Crippen molar-refractivity contribution in [2.45, 2.75) is 18.9 Å². The molecule has 5 heteroatoms. The third-order valence-corrected chi connectivity index (χ3v) is 2.82. The lowest BCUT2D eigenvalue weighted by Gasteiger charge is -1.99. The first kappa shape index (κ1) is 8.30. The predicted octanol–water partition coefficient (Wildman–Crippen LogP) is 0.734. The van der Waals surface area contributed by atoms with E-state index in [9.17, 15) is 8.42 Å². The van der Waals surface area contributed by atoms with E-state index in [1.807, 2.05) is 0 Å². The lowest BCUT2D eigenvalue weighted by molar-refractivity contribution is 0.306. The maximum Gasteiger partial charge on any atom is 0.268 e. The molecule has 1 rings (SSSR count). The van der Waals surface area contributed by atoms with E-state index < -0.39 is 10.1 Å². The summed E-state index contributed by atoms with van der Waals surface area (Å²) in [6.07, 6.45) is 1.68. The molecule has 0 aromatic rings. The average molecular weight is 185 g/mol. The maximum atomic E-state index is 10.8. The van der Waals surface area contributed by atoms with Gasteiger partial charge >= 0.3 is 0 Å². The van der Waals surface area contributed by atoms with Gasteiger partial charge in [0.05, 0.1) is 11.9 Å². The van der Waals surface area contributed by atoms with Crippen molar-refractivity contribution in [3.63, 3.8) is 0 Å². The van der Waals surface area contributed by atoms with E-state index >= 15 is 0 Å². The van der Waals surface area contributed by atoms with Gasteiger partial charge in [-0.3, -0.25) is 4.18 Å². The smallest absolute Gasteiger partial charge is 0.267 e. The third-order valence-electron chi connectivity index (χ3n) is 1.13. The molecule has 0 aromatic carbocycles. The number of hydrogen-bond acceptors (Lipinski definition) is 3. The van der Waals surface area contributed by atoms with Crippen molar-refractivity contribution in [3.05, 3.63) is 0 Å². The Bertz CT molecular complexity index is 195. The highest BCUT2D eigenvalue weighted by Gasteiger charge is 2.28. The first-order valence-corrected chi connectivity index (χ1v) is 5.22. The standard InChI is InChI=1S/C5H9ClO3S/c6-3-4-10(7,8)9-5-1-2-5/h5H,1-4H2. The lowest BCUT2D eigenvalue weighted by Crippen LogP contribution is -2.12. The summed E-state index contributed by atoms with van der Waals surface area (Å²) in [5, 5.41) is 0. The monoisotopic (exact) mass is 184 g/mol. The second-order valence-electron chi connectivity index (χ2n) is 2.25. The minimum Gasteiger partial charge on any atom is -0.267 e.